The summed E-state index contributed by atoms with van der Waals surface area (Å²) in [6.45, 7) is 72.1. The first kappa shape index (κ1) is 83.0. The fourth-order valence-corrected chi connectivity index (χ4v) is 20.3. The number of hydrogen-bond donors (Lipinski definition) is 0. The second kappa shape index (κ2) is 32.5. The highest BCUT2D eigenvalue weighted by atomic mass is 15.2. The van der Waals surface area contributed by atoms with E-state index in [0.717, 1.165) is 156 Å². The monoisotopic (exact) mass is 1750 g/mol. The van der Waals surface area contributed by atoms with E-state index >= 15 is 0 Å². The van der Waals surface area contributed by atoms with Crippen LogP contribution in [-0.2, 0) is 64.4 Å². The Morgan fingerprint density at radius 2 is 0.492 bits per heavy atom. The van der Waals surface area contributed by atoms with Crippen LogP contribution in [0.5, 0.6) is 0 Å². The predicted molar refractivity (Wildman–Crippen MR) is 579 cm³/mol. The minimum atomic E-state index is -1.76. The van der Waals surface area contributed by atoms with Crippen molar-refractivity contribution in [3.63, 3.8) is 0 Å². The number of fused-ring (bicyclic) bond motifs is 10. The van der Waals surface area contributed by atoms with Gasteiger partial charge >= 0.3 is 0 Å². The summed E-state index contributed by atoms with van der Waals surface area (Å²) in [4.78, 5) is 5.41. The Kier molecular flexibility index (Phi) is 20.4. The van der Waals surface area contributed by atoms with Gasteiger partial charge < -0.3 is 18.9 Å². The summed E-state index contributed by atoms with van der Waals surface area (Å²) >= 11 is 0. The second-order valence-electron chi connectivity index (χ2n) is 50.1. The third-order valence-corrected chi connectivity index (χ3v) is 26.5. The Morgan fingerprint density at radius 1 is 0.235 bits per heavy atom. The van der Waals surface area contributed by atoms with Crippen molar-refractivity contribution in [2.75, 3.05) is 9.80 Å². The molecule has 2 aliphatic heterocycles. The van der Waals surface area contributed by atoms with Crippen molar-refractivity contribution in [2.45, 2.75) is 293 Å². The van der Waals surface area contributed by atoms with E-state index in [1.54, 1.807) is 0 Å². The van der Waals surface area contributed by atoms with E-state index in [1.165, 1.54) is 33.4 Å². The minimum Gasteiger partial charge on any atom is -0.310 e. The molecule has 0 N–H and O–H groups in total. The standard InChI is InChI=1S/C127H149BN4/c1-117(2,3)74-79-46-54-106-100(58-79)101-59-80(75-118(4,5)6)47-55-107(101)129(106)94-50-52-104-110(72-94)131(115-96(84-38-34-42-88(64-84)122(16,17)18)68-92(126(28,29)30)69-97(115)85-39-35-43-89(65-85)123(19,20)21)112-62-83(78-121(13,14)15)63-113-114(112)128(104)105-53-51-95(130-108-56-48-81(76-119(7,8)9)60-102(108)103-61-82(49-57-109(103)130)77-120(10,11)12)73-111(105)132(113)116-98(86-40-36-44-90(66-86)124(22,23)24)70-93(127(31,32)33)71-99(116)87-41-37-45-91(67-87)125(25,26)27/h34-73H,74-78H2,1-33H3/i74D2,75D2,76D2,77D2. The SMILES string of the molecule is [2H]C([2H])(c1ccc2c(c1)c1cc(C([2H])([2H])C(C)(C)C)ccc1n2-c1ccc2c(c1)N(c1c(-c3cccc(C(C)(C)C)c3)cc(C(C)(C)C)cc1-c1cccc(C(C)(C)C)c1)c1cc(CC(C)(C)C)cc3c1B2c1ccc(-n2c4ccc(C([2H])([2H])C(C)(C)C)cc4c4cc(C([2H])([2H])C(C)(C)C)ccc42)cc1N3c1c(-c2cccc(C(C)(C)C)c2)cc(C(C)(C)C)cc1-c1cccc(C(C)(C)C)c1)C(C)(C)C. The van der Waals surface area contributed by atoms with E-state index in [0.29, 0.717) is 28.7 Å². The molecule has 15 aromatic rings. The highest BCUT2D eigenvalue weighted by Crippen LogP contribution is 2.57. The summed E-state index contributed by atoms with van der Waals surface area (Å²) in [6, 6.07) is 91.5. The molecule has 0 saturated carbocycles. The molecule has 0 saturated heterocycles. The summed E-state index contributed by atoms with van der Waals surface area (Å²) in [5, 5.41) is 3.32. The first-order chi connectivity index (χ1) is 64.4. The van der Waals surface area contributed by atoms with Gasteiger partial charge in [0.15, 0.2) is 0 Å². The fraction of sp³-hybridized carbons (Fsp3) is 0.386. The minimum absolute atomic E-state index is 0.236. The molecule has 4 heterocycles. The number of benzene rings is 13. The topological polar surface area (TPSA) is 16.3 Å². The number of aromatic nitrogens is 2. The fourth-order valence-electron chi connectivity index (χ4n) is 20.3. The van der Waals surface area contributed by atoms with Crippen molar-refractivity contribution in [1.82, 2.24) is 9.13 Å². The maximum absolute atomic E-state index is 9.94. The van der Waals surface area contributed by atoms with Crippen LogP contribution in [-0.4, -0.2) is 15.8 Å². The van der Waals surface area contributed by atoms with Crippen molar-refractivity contribution >= 4 is 101 Å². The largest absolute Gasteiger partial charge is 0.310 e. The summed E-state index contributed by atoms with van der Waals surface area (Å²) in [5.74, 6) is 0. The Hall–Kier alpha value is -10.9. The molecule has 2 aromatic heterocycles. The lowest BCUT2D eigenvalue weighted by Gasteiger charge is -2.46. The van der Waals surface area contributed by atoms with E-state index in [-0.39, 0.29) is 37.9 Å². The van der Waals surface area contributed by atoms with Crippen molar-refractivity contribution in [1.29, 1.82) is 0 Å². The van der Waals surface area contributed by atoms with Crippen LogP contribution in [0.15, 0.2) is 243 Å². The Morgan fingerprint density at radius 3 is 0.727 bits per heavy atom. The van der Waals surface area contributed by atoms with Gasteiger partial charge in [0, 0.05) is 88.9 Å². The quantitative estimate of drug-likeness (QED) is 0.107. The van der Waals surface area contributed by atoms with Crippen LogP contribution in [0, 0.1) is 27.1 Å². The molecule has 13 aromatic carbocycles. The van der Waals surface area contributed by atoms with Gasteiger partial charge in [0.05, 0.1) is 33.4 Å². The third kappa shape index (κ3) is 18.5. The molecule has 4 nitrogen and oxygen atoms in total. The van der Waals surface area contributed by atoms with Crippen molar-refractivity contribution in [3.8, 4) is 55.9 Å². The molecule has 0 amide bonds. The molecule has 132 heavy (non-hydrogen) atoms. The molecule has 17 rings (SSSR count). The third-order valence-electron chi connectivity index (χ3n) is 26.5. The average molecular weight is 1750 g/mol. The highest BCUT2D eigenvalue weighted by molar-refractivity contribution is 7.00. The van der Waals surface area contributed by atoms with Crippen molar-refractivity contribution < 1.29 is 11.0 Å². The zero-order chi connectivity index (χ0) is 102. The van der Waals surface area contributed by atoms with Crippen LogP contribution in [0.2, 0.25) is 0 Å². The van der Waals surface area contributed by atoms with Crippen LogP contribution in [0.3, 0.4) is 0 Å². The van der Waals surface area contributed by atoms with Gasteiger partial charge in [0.2, 0.25) is 0 Å². The zero-order valence-electron chi connectivity index (χ0n) is 93.7. The lowest BCUT2D eigenvalue weighted by Crippen LogP contribution is -2.61. The van der Waals surface area contributed by atoms with Gasteiger partial charge in [-0.25, -0.2) is 0 Å². The summed E-state index contributed by atoms with van der Waals surface area (Å²) in [5.41, 5.74) is 28.8. The van der Waals surface area contributed by atoms with Crippen molar-refractivity contribution in [3.05, 3.63) is 304 Å². The number of rotatable bonds is 13. The number of anilines is 6. The highest BCUT2D eigenvalue weighted by Gasteiger charge is 2.47. The molecule has 0 radical (unpaired) electrons. The molecule has 0 fully saturated rings. The van der Waals surface area contributed by atoms with Crippen LogP contribution in [0.25, 0.3) is 99.5 Å². The molecule has 2 aliphatic rings. The molecule has 5 heteroatoms. The van der Waals surface area contributed by atoms with E-state index in [2.05, 4.69) is 358 Å². The summed E-state index contributed by atoms with van der Waals surface area (Å²) < 4.78 is 84.2. The van der Waals surface area contributed by atoms with E-state index in [9.17, 15) is 11.0 Å². The molecular weight excluding hydrogens is 1590 g/mol. The number of hydrogen-bond acceptors (Lipinski definition) is 2. The summed E-state index contributed by atoms with van der Waals surface area (Å²) in [7, 11) is 0. The van der Waals surface area contributed by atoms with Gasteiger partial charge in [-0.2, -0.15) is 0 Å². The first-order valence-corrected chi connectivity index (χ1v) is 48.4. The predicted octanol–water partition coefficient (Wildman–Crippen LogP) is 34.4. The zero-order valence-corrected chi connectivity index (χ0v) is 85.7. The van der Waals surface area contributed by atoms with Gasteiger partial charge in [-0.15, -0.1) is 0 Å². The molecule has 0 atom stereocenters. The Labute approximate surface area is 805 Å². The van der Waals surface area contributed by atoms with Crippen molar-refractivity contribution in [2.24, 2.45) is 27.1 Å². The first-order valence-electron chi connectivity index (χ1n) is 52.4. The van der Waals surface area contributed by atoms with E-state index < -0.39 is 53.9 Å². The smallest absolute Gasteiger partial charge is 0.252 e. The van der Waals surface area contributed by atoms with Crippen LogP contribution in [0.4, 0.5) is 34.1 Å². The molecule has 680 valence electrons. The molecule has 0 bridgehead atoms. The van der Waals surface area contributed by atoms with Gasteiger partial charge in [0.25, 0.3) is 6.71 Å². The van der Waals surface area contributed by atoms with E-state index in [1.807, 2.05) is 132 Å². The average Bonchev–Trinajstić information content (AvgIpc) is 0.730. The maximum Gasteiger partial charge on any atom is 0.252 e. The number of nitrogens with zero attached hydrogens (tertiary/aromatic N) is 4. The summed E-state index contributed by atoms with van der Waals surface area (Å²) in [6.07, 6.45) is -6.36. The molecule has 0 aliphatic carbocycles. The van der Waals surface area contributed by atoms with Crippen LogP contribution < -0.4 is 26.2 Å². The van der Waals surface area contributed by atoms with E-state index in [4.69, 9.17) is 0 Å². The maximum atomic E-state index is 9.94. The van der Waals surface area contributed by atoms with Crippen LogP contribution in [0.1, 0.15) is 301 Å². The lowest BCUT2D eigenvalue weighted by molar-refractivity contribution is 0.411. The molecule has 0 spiro atoms. The van der Waals surface area contributed by atoms with Gasteiger partial charge in [-0.05, 0) is 301 Å². The normalized spacial score (nSPS) is 15.2. The van der Waals surface area contributed by atoms with Gasteiger partial charge in [-0.1, -0.05) is 362 Å². The second-order valence-corrected chi connectivity index (χ2v) is 50.1. The Bertz CT molecular complexity index is 6740. The molecular formula is C127H149BN4. The molecule has 0 unspecified atom stereocenters. The Balaban J connectivity index is 1.12. The van der Waals surface area contributed by atoms with Crippen LogP contribution >= 0.6 is 0 Å². The van der Waals surface area contributed by atoms with Gasteiger partial charge in [-0.3, -0.25) is 0 Å². The van der Waals surface area contributed by atoms with Gasteiger partial charge in [0.1, 0.15) is 0 Å². The lowest BCUT2D eigenvalue weighted by atomic mass is 9.33.